The van der Waals surface area contributed by atoms with Crippen molar-refractivity contribution in [3.63, 3.8) is 0 Å². The van der Waals surface area contributed by atoms with Gasteiger partial charge in [0, 0.05) is 19.4 Å². The van der Waals surface area contributed by atoms with Gasteiger partial charge < -0.3 is 0 Å². The van der Waals surface area contributed by atoms with Gasteiger partial charge in [-0.1, -0.05) is 18.2 Å². The van der Waals surface area contributed by atoms with Crippen LogP contribution in [0.15, 0.2) is 24.3 Å². The van der Waals surface area contributed by atoms with E-state index in [-0.39, 0.29) is 24.6 Å². The Kier molecular flexibility index (Phi) is 5.31. The molecule has 1 aromatic rings. The molecule has 0 bridgehead atoms. The molecule has 3 nitrogen and oxygen atoms in total. The van der Waals surface area contributed by atoms with Crippen LogP contribution in [0.2, 0.25) is 0 Å². The Labute approximate surface area is 100 Å². The average Bonchev–Trinajstić information content (AvgIpc) is 2.29. The van der Waals surface area contributed by atoms with Crippen LogP contribution in [0.5, 0.6) is 0 Å². The third-order valence-electron chi connectivity index (χ3n) is 2.40. The smallest absolute Gasteiger partial charge is 0.151 e. The molecule has 0 heterocycles. The van der Waals surface area contributed by atoms with E-state index in [0.29, 0.717) is 18.5 Å². The van der Waals surface area contributed by atoms with E-state index in [1.54, 1.807) is 30.1 Å². The van der Waals surface area contributed by atoms with E-state index in [9.17, 15) is 9.18 Å². The molecule has 0 N–H and O–H groups in total. The second-order valence-corrected chi connectivity index (χ2v) is 3.95. The maximum Gasteiger partial charge on any atom is 0.151 e. The molecule has 0 aromatic heterocycles. The van der Waals surface area contributed by atoms with Crippen LogP contribution in [0.4, 0.5) is 4.39 Å². The largest absolute Gasteiger partial charge is 0.298 e. The van der Waals surface area contributed by atoms with E-state index < -0.39 is 0 Å². The molecule has 4 heteroatoms. The number of Topliss-reactive ketones (excluding diaryl/α,β-unsaturated/α-hetero) is 1. The van der Waals surface area contributed by atoms with Crippen molar-refractivity contribution in [1.29, 1.82) is 5.26 Å². The summed E-state index contributed by atoms with van der Waals surface area (Å²) in [6.45, 7) is 0.801. The highest BCUT2D eigenvalue weighted by molar-refractivity contribution is 5.82. The van der Waals surface area contributed by atoms with Gasteiger partial charge in [0.15, 0.2) is 5.78 Å². The lowest BCUT2D eigenvalue weighted by molar-refractivity contribution is -0.119. The van der Waals surface area contributed by atoms with Crippen molar-refractivity contribution in [2.75, 3.05) is 20.1 Å². The Morgan fingerprint density at radius 1 is 1.47 bits per heavy atom. The molecule has 0 spiro atoms. The van der Waals surface area contributed by atoms with Crippen molar-refractivity contribution < 1.29 is 9.18 Å². The molecule has 0 unspecified atom stereocenters. The third kappa shape index (κ3) is 4.75. The molecule has 0 saturated heterocycles. The molecule has 0 aliphatic heterocycles. The predicted molar refractivity (Wildman–Crippen MR) is 62.8 cm³/mol. The summed E-state index contributed by atoms with van der Waals surface area (Å²) < 4.78 is 13.3. The van der Waals surface area contributed by atoms with Crippen LogP contribution in [0.3, 0.4) is 0 Å². The Morgan fingerprint density at radius 3 is 2.82 bits per heavy atom. The van der Waals surface area contributed by atoms with E-state index >= 15 is 0 Å². The number of carbonyl (C=O) groups is 1. The highest BCUT2D eigenvalue weighted by Gasteiger charge is 2.09. The summed E-state index contributed by atoms with van der Waals surface area (Å²) in [5, 5.41) is 8.41. The van der Waals surface area contributed by atoms with Crippen LogP contribution in [0.1, 0.15) is 12.0 Å². The summed E-state index contributed by atoms with van der Waals surface area (Å²) in [7, 11) is 1.77. The lowest BCUT2D eigenvalue weighted by Gasteiger charge is -2.13. The van der Waals surface area contributed by atoms with E-state index in [0.717, 1.165) is 0 Å². The topological polar surface area (TPSA) is 44.1 Å². The number of carbonyl (C=O) groups excluding carboxylic acids is 1. The molecule has 1 rings (SSSR count). The Morgan fingerprint density at radius 2 is 2.18 bits per heavy atom. The Balaban J connectivity index is 2.45. The number of likely N-dealkylation sites (N-methyl/N-ethyl adjacent to an activating group) is 1. The zero-order chi connectivity index (χ0) is 12.7. The quantitative estimate of drug-likeness (QED) is 0.753. The fraction of sp³-hybridized carbons (Fsp3) is 0.385. The van der Waals surface area contributed by atoms with Gasteiger partial charge in [0.2, 0.25) is 0 Å². The second kappa shape index (κ2) is 6.77. The van der Waals surface area contributed by atoms with Crippen molar-refractivity contribution in [3.8, 4) is 6.07 Å². The minimum atomic E-state index is -0.347. The van der Waals surface area contributed by atoms with Crippen molar-refractivity contribution in [2.24, 2.45) is 0 Å². The first kappa shape index (κ1) is 13.3. The highest BCUT2D eigenvalue weighted by Crippen LogP contribution is 2.07. The predicted octanol–water partition coefficient (Wildman–Crippen LogP) is 1.78. The van der Waals surface area contributed by atoms with E-state index in [4.69, 9.17) is 5.26 Å². The maximum absolute atomic E-state index is 13.3. The SMILES string of the molecule is CN(CCC#N)CC(=O)Cc1ccccc1F. The summed E-state index contributed by atoms with van der Waals surface area (Å²) in [5.74, 6) is -0.393. The van der Waals surface area contributed by atoms with Gasteiger partial charge in [-0.3, -0.25) is 9.69 Å². The van der Waals surface area contributed by atoms with Crippen LogP contribution in [-0.2, 0) is 11.2 Å². The number of rotatable bonds is 6. The maximum atomic E-state index is 13.3. The van der Waals surface area contributed by atoms with Gasteiger partial charge in [-0.05, 0) is 18.7 Å². The monoisotopic (exact) mass is 234 g/mol. The molecular weight excluding hydrogens is 219 g/mol. The van der Waals surface area contributed by atoms with Gasteiger partial charge in [-0.25, -0.2) is 4.39 Å². The van der Waals surface area contributed by atoms with Gasteiger partial charge in [0.05, 0.1) is 12.6 Å². The van der Waals surface area contributed by atoms with Gasteiger partial charge in [-0.2, -0.15) is 5.26 Å². The van der Waals surface area contributed by atoms with Crippen molar-refractivity contribution in [3.05, 3.63) is 35.6 Å². The van der Waals surface area contributed by atoms with Crippen LogP contribution in [0, 0.1) is 17.1 Å². The number of benzene rings is 1. The Hall–Kier alpha value is -1.73. The molecule has 0 radical (unpaired) electrons. The lowest BCUT2D eigenvalue weighted by atomic mass is 10.1. The summed E-state index contributed by atoms with van der Waals surface area (Å²) in [6.07, 6.45) is 0.493. The third-order valence-corrected chi connectivity index (χ3v) is 2.40. The van der Waals surface area contributed by atoms with Crippen LogP contribution in [-0.4, -0.2) is 30.8 Å². The number of hydrogen-bond donors (Lipinski definition) is 0. The molecule has 0 atom stereocenters. The van der Waals surface area contributed by atoms with Crippen LogP contribution >= 0.6 is 0 Å². The second-order valence-electron chi connectivity index (χ2n) is 3.95. The van der Waals surface area contributed by atoms with Crippen molar-refractivity contribution in [2.45, 2.75) is 12.8 Å². The summed E-state index contributed by atoms with van der Waals surface area (Å²) in [4.78, 5) is 13.4. The van der Waals surface area contributed by atoms with Gasteiger partial charge in [0.25, 0.3) is 0 Å². The number of hydrogen-bond acceptors (Lipinski definition) is 3. The van der Waals surface area contributed by atoms with Crippen LogP contribution in [0.25, 0.3) is 0 Å². The highest BCUT2D eigenvalue weighted by atomic mass is 19.1. The minimum absolute atomic E-state index is 0.0458. The molecule has 0 saturated carbocycles. The lowest BCUT2D eigenvalue weighted by Crippen LogP contribution is -2.27. The van der Waals surface area contributed by atoms with Gasteiger partial charge >= 0.3 is 0 Å². The first-order chi connectivity index (χ1) is 8.13. The van der Waals surface area contributed by atoms with Gasteiger partial charge in [0.1, 0.15) is 5.82 Å². The van der Waals surface area contributed by atoms with Crippen molar-refractivity contribution in [1.82, 2.24) is 4.90 Å². The molecule has 17 heavy (non-hydrogen) atoms. The molecular formula is C13H15FN2O. The van der Waals surface area contributed by atoms with E-state index in [2.05, 4.69) is 0 Å². The summed E-state index contributed by atoms with van der Waals surface area (Å²) >= 11 is 0. The zero-order valence-corrected chi connectivity index (χ0v) is 9.82. The molecule has 90 valence electrons. The molecule has 0 aliphatic rings. The minimum Gasteiger partial charge on any atom is -0.298 e. The zero-order valence-electron chi connectivity index (χ0n) is 9.82. The molecule has 1 aromatic carbocycles. The van der Waals surface area contributed by atoms with E-state index in [1.165, 1.54) is 6.07 Å². The fourth-order valence-electron chi connectivity index (χ4n) is 1.53. The molecule has 0 aliphatic carbocycles. The number of ketones is 1. The standard InChI is InChI=1S/C13H15FN2O/c1-16(8-4-7-15)10-12(17)9-11-5-2-3-6-13(11)14/h2-3,5-6H,4,8-10H2,1H3. The normalized spacial score (nSPS) is 10.2. The van der Waals surface area contributed by atoms with E-state index in [1.807, 2.05) is 6.07 Å². The van der Waals surface area contributed by atoms with Crippen molar-refractivity contribution >= 4 is 5.78 Å². The summed E-state index contributed by atoms with van der Waals surface area (Å²) in [6, 6.07) is 8.29. The first-order valence-electron chi connectivity index (χ1n) is 5.44. The number of nitrogens with zero attached hydrogens (tertiary/aromatic N) is 2. The number of nitriles is 1. The Bertz CT molecular complexity index is 426. The molecule has 0 amide bonds. The molecule has 0 fully saturated rings. The fourth-order valence-corrected chi connectivity index (χ4v) is 1.53. The first-order valence-corrected chi connectivity index (χ1v) is 5.44. The average molecular weight is 234 g/mol. The van der Waals surface area contributed by atoms with Gasteiger partial charge in [-0.15, -0.1) is 0 Å². The van der Waals surface area contributed by atoms with Crippen LogP contribution < -0.4 is 0 Å². The summed E-state index contributed by atoms with van der Waals surface area (Å²) in [5.41, 5.74) is 0.422. The number of halogens is 1.